The van der Waals surface area contributed by atoms with Crippen molar-refractivity contribution in [3.8, 4) is 0 Å². The van der Waals surface area contributed by atoms with Crippen molar-refractivity contribution in [1.29, 1.82) is 0 Å². The van der Waals surface area contributed by atoms with Crippen LogP contribution in [0, 0.1) is 29.1 Å². The molecular weight excluding hydrogens is 531 g/mol. The van der Waals surface area contributed by atoms with E-state index in [0.717, 1.165) is 43.4 Å². The molecule has 0 unspecified atom stereocenters. The minimum Gasteiger partial charge on any atom is -0.459 e. The second-order valence-corrected chi connectivity index (χ2v) is 13.5. The van der Waals surface area contributed by atoms with E-state index in [2.05, 4.69) is 24.1 Å². The number of halogens is 2. The Balaban J connectivity index is 1.21. The van der Waals surface area contributed by atoms with Crippen LogP contribution in [0.25, 0.3) is 6.08 Å². The molecule has 5 rings (SSSR count). The summed E-state index contributed by atoms with van der Waals surface area (Å²) < 4.78 is 6.02. The standard InChI is InChI=1S/C32H44Cl2N2O3/c1-31-15-13-24(39-30(38)12-7-22-5-3-4-6-28(22)36(19-17-33)20-18-34)21-23(31)8-9-25-26(31)14-16-32(2)27(25)10-11-29(37)35-32/h3-7,12,23-27H,8-11,13-21H2,1-2H3,(H,35,37)/b12-7+/t23-,24-,25+,26-,27+,31+,32+/m0/s1. The lowest BCUT2D eigenvalue weighted by molar-refractivity contribution is -0.158. The van der Waals surface area contributed by atoms with E-state index in [1.807, 2.05) is 30.3 Å². The summed E-state index contributed by atoms with van der Waals surface area (Å²) >= 11 is 12.0. The number of carbonyl (C=O) groups excluding carboxylic acids is 2. The van der Waals surface area contributed by atoms with Crippen LogP contribution in [-0.2, 0) is 14.3 Å². The molecule has 4 aliphatic rings. The summed E-state index contributed by atoms with van der Waals surface area (Å²) in [6, 6.07) is 8.01. The number of esters is 1. The first-order valence-electron chi connectivity index (χ1n) is 14.9. The largest absolute Gasteiger partial charge is 0.459 e. The summed E-state index contributed by atoms with van der Waals surface area (Å²) in [6.07, 6.45) is 12.9. The molecule has 1 N–H and O–H groups in total. The molecule has 214 valence electrons. The van der Waals surface area contributed by atoms with Gasteiger partial charge in [-0.15, -0.1) is 23.2 Å². The van der Waals surface area contributed by atoms with Gasteiger partial charge in [-0.3, -0.25) is 4.79 Å². The number of fused-ring (bicyclic) bond motifs is 5. The van der Waals surface area contributed by atoms with Gasteiger partial charge in [-0.25, -0.2) is 4.79 Å². The molecule has 0 bridgehead atoms. The van der Waals surface area contributed by atoms with Gasteiger partial charge in [0.1, 0.15) is 6.10 Å². The van der Waals surface area contributed by atoms with E-state index in [0.29, 0.717) is 60.4 Å². The predicted molar refractivity (Wildman–Crippen MR) is 159 cm³/mol. The SMILES string of the molecule is C[C@@]12CC[C@H](OC(=O)/C=C/c3ccccc3N(CCCl)CCCl)C[C@@H]1CC[C@H]1[C@H]3CCC(=O)N[C@]3(C)CC[C@@H]12. The van der Waals surface area contributed by atoms with Crippen LogP contribution in [0.5, 0.6) is 0 Å². The monoisotopic (exact) mass is 574 g/mol. The molecule has 3 aliphatic carbocycles. The number of nitrogens with zero attached hydrogens (tertiary/aromatic N) is 1. The average molecular weight is 576 g/mol. The molecule has 0 radical (unpaired) electrons. The second kappa shape index (κ2) is 12.0. The molecule has 3 saturated carbocycles. The summed E-state index contributed by atoms with van der Waals surface area (Å²) in [5, 5.41) is 3.37. The number of hydrogen-bond acceptors (Lipinski definition) is 4. The van der Waals surface area contributed by atoms with Crippen molar-refractivity contribution in [2.45, 2.75) is 83.3 Å². The van der Waals surface area contributed by atoms with E-state index in [1.165, 1.54) is 19.3 Å². The van der Waals surface area contributed by atoms with Gasteiger partial charge < -0.3 is 15.0 Å². The smallest absolute Gasteiger partial charge is 0.331 e. The van der Waals surface area contributed by atoms with E-state index in [4.69, 9.17) is 27.9 Å². The normalized spacial score (nSPS) is 35.9. The van der Waals surface area contributed by atoms with E-state index in [-0.39, 0.29) is 23.5 Å². The van der Waals surface area contributed by atoms with Gasteiger partial charge in [0.2, 0.25) is 5.91 Å². The molecule has 1 saturated heterocycles. The van der Waals surface area contributed by atoms with E-state index in [1.54, 1.807) is 6.08 Å². The molecule has 1 amide bonds. The number of nitrogens with one attached hydrogen (secondary N) is 1. The Morgan fingerprint density at radius 3 is 2.59 bits per heavy atom. The molecule has 1 aromatic rings. The summed E-state index contributed by atoms with van der Waals surface area (Å²) in [5.41, 5.74) is 2.26. The number of benzene rings is 1. The Hall–Kier alpha value is -1.72. The number of anilines is 1. The quantitative estimate of drug-likeness (QED) is 0.210. The fourth-order valence-electron chi connectivity index (χ4n) is 8.84. The number of rotatable bonds is 8. The number of alkyl halides is 2. The van der Waals surface area contributed by atoms with Crippen LogP contribution >= 0.6 is 23.2 Å². The Labute approximate surface area is 244 Å². The highest BCUT2D eigenvalue weighted by Crippen LogP contribution is 2.62. The number of para-hydroxylation sites is 1. The maximum Gasteiger partial charge on any atom is 0.331 e. The first-order valence-corrected chi connectivity index (χ1v) is 16.0. The van der Waals surface area contributed by atoms with Crippen molar-refractivity contribution in [1.82, 2.24) is 5.32 Å². The molecule has 1 aromatic carbocycles. The van der Waals surface area contributed by atoms with Crippen LogP contribution < -0.4 is 10.2 Å². The van der Waals surface area contributed by atoms with Crippen molar-refractivity contribution in [2.24, 2.45) is 29.1 Å². The maximum absolute atomic E-state index is 12.9. The summed E-state index contributed by atoms with van der Waals surface area (Å²) in [5.74, 6) is 3.59. The lowest BCUT2D eigenvalue weighted by Crippen LogP contribution is -2.63. The number of amides is 1. The van der Waals surface area contributed by atoms with Gasteiger partial charge in [0.15, 0.2) is 0 Å². The number of piperidine rings is 1. The molecule has 0 aromatic heterocycles. The molecule has 39 heavy (non-hydrogen) atoms. The van der Waals surface area contributed by atoms with Crippen LogP contribution in [0.1, 0.15) is 77.2 Å². The molecule has 4 fully saturated rings. The zero-order chi connectivity index (χ0) is 27.6. The maximum atomic E-state index is 12.9. The van der Waals surface area contributed by atoms with Crippen LogP contribution in [0.4, 0.5) is 5.69 Å². The van der Waals surface area contributed by atoms with Gasteiger partial charge in [-0.2, -0.15) is 0 Å². The third kappa shape index (κ3) is 5.86. The fraction of sp³-hybridized carbons (Fsp3) is 0.688. The minimum atomic E-state index is -0.264. The van der Waals surface area contributed by atoms with Crippen molar-refractivity contribution in [3.63, 3.8) is 0 Å². The number of carbonyl (C=O) groups is 2. The van der Waals surface area contributed by atoms with Gasteiger partial charge in [-0.05, 0) is 105 Å². The highest BCUT2D eigenvalue weighted by Gasteiger charge is 2.58. The van der Waals surface area contributed by atoms with Crippen LogP contribution in [0.15, 0.2) is 30.3 Å². The van der Waals surface area contributed by atoms with Gasteiger partial charge in [0.25, 0.3) is 0 Å². The van der Waals surface area contributed by atoms with Crippen molar-refractivity contribution in [3.05, 3.63) is 35.9 Å². The Kier molecular flexibility index (Phi) is 8.88. The zero-order valence-electron chi connectivity index (χ0n) is 23.5. The van der Waals surface area contributed by atoms with Gasteiger partial charge in [0.05, 0.1) is 0 Å². The molecular formula is C32H44Cl2N2O3. The summed E-state index contributed by atoms with van der Waals surface area (Å²) in [6.45, 7) is 6.19. The molecule has 7 heteroatoms. The molecule has 5 nitrogen and oxygen atoms in total. The summed E-state index contributed by atoms with van der Waals surface area (Å²) in [7, 11) is 0. The Morgan fingerprint density at radius 1 is 1.05 bits per heavy atom. The third-order valence-electron chi connectivity index (χ3n) is 10.8. The molecule has 1 heterocycles. The molecule has 1 aliphatic heterocycles. The highest BCUT2D eigenvalue weighted by molar-refractivity contribution is 6.18. The predicted octanol–water partition coefficient (Wildman–Crippen LogP) is 6.81. The van der Waals surface area contributed by atoms with Gasteiger partial charge >= 0.3 is 5.97 Å². The van der Waals surface area contributed by atoms with Crippen LogP contribution in [0.3, 0.4) is 0 Å². The lowest BCUT2D eigenvalue weighted by atomic mass is 9.45. The molecule has 0 spiro atoms. The topological polar surface area (TPSA) is 58.6 Å². The van der Waals surface area contributed by atoms with Crippen LogP contribution in [0.2, 0.25) is 0 Å². The lowest BCUT2D eigenvalue weighted by Gasteiger charge is -2.62. The van der Waals surface area contributed by atoms with E-state index >= 15 is 0 Å². The average Bonchev–Trinajstić information content (AvgIpc) is 2.91. The molecule has 7 atom stereocenters. The van der Waals surface area contributed by atoms with Crippen LogP contribution in [-0.4, -0.2) is 48.4 Å². The van der Waals surface area contributed by atoms with E-state index in [9.17, 15) is 9.59 Å². The van der Waals surface area contributed by atoms with Crippen molar-refractivity contribution >= 4 is 46.8 Å². The Bertz CT molecular complexity index is 1070. The fourth-order valence-corrected chi connectivity index (χ4v) is 9.24. The first-order chi connectivity index (χ1) is 18.8. The van der Waals surface area contributed by atoms with Crippen molar-refractivity contribution < 1.29 is 14.3 Å². The zero-order valence-corrected chi connectivity index (χ0v) is 25.0. The van der Waals surface area contributed by atoms with Crippen molar-refractivity contribution in [2.75, 3.05) is 29.7 Å². The summed E-state index contributed by atoms with van der Waals surface area (Å²) in [4.78, 5) is 27.2. The van der Waals surface area contributed by atoms with E-state index < -0.39 is 0 Å². The minimum absolute atomic E-state index is 0.0150. The van der Waals surface area contributed by atoms with Gasteiger partial charge in [-0.1, -0.05) is 25.1 Å². The van der Waals surface area contributed by atoms with Gasteiger partial charge in [0, 0.05) is 48.6 Å². The highest BCUT2D eigenvalue weighted by atomic mass is 35.5. The number of hydrogen-bond donors (Lipinski definition) is 1. The Morgan fingerprint density at radius 2 is 1.82 bits per heavy atom. The second-order valence-electron chi connectivity index (χ2n) is 12.8. The first kappa shape index (κ1) is 28.8. The number of ether oxygens (including phenoxy) is 1. The third-order valence-corrected chi connectivity index (χ3v) is 11.1.